The van der Waals surface area contributed by atoms with Crippen LogP contribution in [0.25, 0.3) is 5.69 Å². The van der Waals surface area contributed by atoms with Gasteiger partial charge in [0.25, 0.3) is 5.91 Å². The topological polar surface area (TPSA) is 95.3 Å². The predicted octanol–water partition coefficient (Wildman–Crippen LogP) is 2.88. The number of nitrogens with one attached hydrogen (secondary N) is 1. The highest BCUT2D eigenvalue weighted by atomic mass is 16.5. The second-order valence-corrected chi connectivity index (χ2v) is 5.99. The predicted molar refractivity (Wildman–Crippen MR) is 103 cm³/mol. The van der Waals surface area contributed by atoms with Crippen LogP contribution in [0.3, 0.4) is 0 Å². The molecule has 3 aromatic rings. The number of carbonyl (C=O) groups is 2. The fourth-order valence-electron chi connectivity index (χ4n) is 2.73. The molecule has 3 rings (SSSR count). The fraction of sp³-hybridized carbons (Fsp3) is 0.200. The Morgan fingerprint density at radius 3 is 2.50 bits per heavy atom. The summed E-state index contributed by atoms with van der Waals surface area (Å²) in [6.07, 6.45) is 0. The summed E-state index contributed by atoms with van der Waals surface area (Å²) in [7, 11) is 3.02. The van der Waals surface area contributed by atoms with Crippen molar-refractivity contribution in [2.45, 2.75) is 13.5 Å². The lowest BCUT2D eigenvalue weighted by molar-refractivity contribution is 0.100. The molecule has 1 amide bonds. The van der Waals surface area contributed by atoms with Crippen molar-refractivity contribution in [3.8, 4) is 11.4 Å². The van der Waals surface area contributed by atoms with E-state index >= 15 is 0 Å². The summed E-state index contributed by atoms with van der Waals surface area (Å²) in [5, 5.41) is 10.9. The first-order valence-electron chi connectivity index (χ1n) is 8.54. The van der Waals surface area contributed by atoms with Gasteiger partial charge in [0.15, 0.2) is 11.5 Å². The van der Waals surface area contributed by atoms with Crippen molar-refractivity contribution in [2.24, 2.45) is 0 Å². The summed E-state index contributed by atoms with van der Waals surface area (Å²) >= 11 is 0. The zero-order valence-corrected chi connectivity index (χ0v) is 15.8. The molecule has 144 valence electrons. The lowest BCUT2D eigenvalue weighted by atomic mass is 10.1. The van der Waals surface area contributed by atoms with Gasteiger partial charge in [-0.2, -0.15) is 0 Å². The minimum atomic E-state index is -0.478. The van der Waals surface area contributed by atoms with Crippen LogP contribution in [0.5, 0.6) is 5.75 Å². The largest absolute Gasteiger partial charge is 0.495 e. The van der Waals surface area contributed by atoms with Gasteiger partial charge in [-0.3, -0.25) is 9.59 Å². The molecule has 1 aromatic heterocycles. The van der Waals surface area contributed by atoms with Crippen molar-refractivity contribution >= 4 is 17.4 Å². The van der Waals surface area contributed by atoms with Gasteiger partial charge in [-0.15, -0.1) is 5.10 Å². The van der Waals surface area contributed by atoms with E-state index in [1.807, 2.05) is 30.3 Å². The fourth-order valence-corrected chi connectivity index (χ4v) is 2.73. The quantitative estimate of drug-likeness (QED) is 0.633. The van der Waals surface area contributed by atoms with Gasteiger partial charge in [0, 0.05) is 12.7 Å². The van der Waals surface area contributed by atoms with E-state index in [0.717, 1.165) is 5.69 Å². The van der Waals surface area contributed by atoms with Gasteiger partial charge < -0.3 is 14.8 Å². The van der Waals surface area contributed by atoms with Crippen LogP contribution in [0.2, 0.25) is 0 Å². The number of Topliss-reactive ketones (excluding diaryl/α,β-unsaturated/α-hetero) is 1. The Bertz CT molecular complexity index is 999. The highest BCUT2D eigenvalue weighted by Gasteiger charge is 2.22. The van der Waals surface area contributed by atoms with Crippen LogP contribution in [-0.4, -0.2) is 40.9 Å². The molecule has 0 spiro atoms. The minimum Gasteiger partial charge on any atom is -0.495 e. The van der Waals surface area contributed by atoms with Gasteiger partial charge in [-0.25, -0.2) is 4.68 Å². The van der Waals surface area contributed by atoms with E-state index in [4.69, 9.17) is 9.47 Å². The van der Waals surface area contributed by atoms with Gasteiger partial charge in [0.1, 0.15) is 11.4 Å². The van der Waals surface area contributed by atoms with E-state index in [-0.39, 0.29) is 18.1 Å². The summed E-state index contributed by atoms with van der Waals surface area (Å²) < 4.78 is 12.1. The molecule has 0 aliphatic carbocycles. The summed E-state index contributed by atoms with van der Waals surface area (Å²) in [6.45, 7) is 1.60. The zero-order valence-electron chi connectivity index (χ0n) is 15.8. The second-order valence-electron chi connectivity index (χ2n) is 5.99. The van der Waals surface area contributed by atoms with E-state index in [2.05, 4.69) is 15.6 Å². The summed E-state index contributed by atoms with van der Waals surface area (Å²) in [4.78, 5) is 24.5. The summed E-state index contributed by atoms with van der Waals surface area (Å²) in [6, 6.07) is 14.2. The van der Waals surface area contributed by atoms with Crippen LogP contribution in [0.4, 0.5) is 5.69 Å². The number of hydrogen-bond acceptors (Lipinski definition) is 6. The highest BCUT2D eigenvalue weighted by Crippen LogP contribution is 2.26. The molecule has 1 N–H and O–H groups in total. The van der Waals surface area contributed by atoms with Crippen LogP contribution in [0.1, 0.15) is 33.5 Å². The number of ketones is 1. The maximum absolute atomic E-state index is 12.9. The smallest absolute Gasteiger partial charge is 0.278 e. The third-order valence-corrected chi connectivity index (χ3v) is 4.11. The van der Waals surface area contributed by atoms with Crippen LogP contribution >= 0.6 is 0 Å². The van der Waals surface area contributed by atoms with E-state index in [0.29, 0.717) is 22.7 Å². The minimum absolute atomic E-state index is 0.117. The van der Waals surface area contributed by atoms with E-state index in [9.17, 15) is 9.59 Å². The molecular weight excluding hydrogens is 360 g/mol. The van der Waals surface area contributed by atoms with Gasteiger partial charge in [-0.1, -0.05) is 23.4 Å². The molecule has 0 atom stereocenters. The number of rotatable bonds is 7. The van der Waals surface area contributed by atoms with Gasteiger partial charge in [-0.05, 0) is 37.3 Å². The number of para-hydroxylation sites is 1. The van der Waals surface area contributed by atoms with Crippen molar-refractivity contribution in [3.63, 3.8) is 0 Å². The van der Waals surface area contributed by atoms with Crippen LogP contribution in [0, 0.1) is 0 Å². The maximum Gasteiger partial charge on any atom is 0.278 e. The monoisotopic (exact) mass is 380 g/mol. The molecule has 0 aliphatic heterocycles. The number of anilines is 1. The Labute approximate surface area is 162 Å². The molecule has 2 aromatic carbocycles. The average molecular weight is 380 g/mol. The third-order valence-electron chi connectivity index (χ3n) is 4.11. The molecule has 0 saturated heterocycles. The van der Waals surface area contributed by atoms with Crippen molar-refractivity contribution in [1.29, 1.82) is 0 Å². The number of amides is 1. The highest BCUT2D eigenvalue weighted by molar-refractivity contribution is 6.05. The Hall–Kier alpha value is -3.52. The molecule has 0 unspecified atom stereocenters. The Morgan fingerprint density at radius 1 is 1.11 bits per heavy atom. The molecule has 0 bridgehead atoms. The second kappa shape index (κ2) is 8.45. The van der Waals surface area contributed by atoms with Crippen molar-refractivity contribution in [3.05, 3.63) is 65.5 Å². The third kappa shape index (κ3) is 3.91. The lowest BCUT2D eigenvalue weighted by Crippen LogP contribution is -2.17. The number of aromatic nitrogens is 3. The molecule has 28 heavy (non-hydrogen) atoms. The lowest BCUT2D eigenvalue weighted by Gasteiger charge is -2.11. The van der Waals surface area contributed by atoms with Crippen molar-refractivity contribution in [2.75, 3.05) is 19.5 Å². The average Bonchev–Trinajstić information content (AvgIpc) is 3.12. The Kier molecular flexibility index (Phi) is 5.81. The number of ether oxygens (including phenoxy) is 2. The summed E-state index contributed by atoms with van der Waals surface area (Å²) in [5.41, 5.74) is 2.23. The Balaban J connectivity index is 1.96. The molecule has 0 fully saturated rings. The molecular formula is C20H20N4O4. The van der Waals surface area contributed by atoms with Gasteiger partial charge in [0.2, 0.25) is 0 Å². The van der Waals surface area contributed by atoms with Crippen LogP contribution in [-0.2, 0) is 11.3 Å². The first kappa shape index (κ1) is 19.2. The molecule has 0 radical (unpaired) electrons. The molecule has 0 aliphatic rings. The van der Waals surface area contributed by atoms with E-state index < -0.39 is 5.91 Å². The van der Waals surface area contributed by atoms with Gasteiger partial charge in [0.05, 0.1) is 25.1 Å². The SMILES string of the molecule is COCc1c(C(=O)Nc2cc(C(C)=O)ccc2OC)nnn1-c1ccccc1. The van der Waals surface area contributed by atoms with E-state index in [1.54, 1.807) is 22.9 Å². The standard InChI is InChI=1S/C20H20N4O4/c1-13(25)14-9-10-18(28-3)16(11-14)21-20(26)19-17(12-27-2)24(23-22-19)15-7-5-4-6-8-15/h4-11H,12H2,1-3H3,(H,21,26). The first-order valence-corrected chi connectivity index (χ1v) is 8.54. The Morgan fingerprint density at radius 2 is 1.86 bits per heavy atom. The first-order chi connectivity index (χ1) is 13.5. The number of benzene rings is 2. The molecule has 1 heterocycles. The normalized spacial score (nSPS) is 10.5. The number of nitrogens with zero attached hydrogens (tertiary/aromatic N) is 3. The molecule has 8 heteroatoms. The number of hydrogen-bond donors (Lipinski definition) is 1. The number of methoxy groups -OCH3 is 2. The van der Waals surface area contributed by atoms with E-state index in [1.165, 1.54) is 21.1 Å². The van der Waals surface area contributed by atoms with Crippen molar-refractivity contribution < 1.29 is 19.1 Å². The van der Waals surface area contributed by atoms with Crippen LogP contribution < -0.4 is 10.1 Å². The number of carbonyl (C=O) groups excluding carboxylic acids is 2. The van der Waals surface area contributed by atoms with Gasteiger partial charge >= 0.3 is 0 Å². The molecule has 0 saturated carbocycles. The maximum atomic E-state index is 12.9. The zero-order chi connectivity index (χ0) is 20.1. The summed E-state index contributed by atoms with van der Waals surface area (Å²) in [5.74, 6) is -0.163. The van der Waals surface area contributed by atoms with Crippen molar-refractivity contribution in [1.82, 2.24) is 15.0 Å². The molecule has 8 nitrogen and oxygen atoms in total. The van der Waals surface area contributed by atoms with Crippen LogP contribution in [0.15, 0.2) is 48.5 Å².